The third kappa shape index (κ3) is 4.91. The Morgan fingerprint density at radius 3 is 2.17 bits per heavy atom. The summed E-state index contributed by atoms with van der Waals surface area (Å²) in [6, 6.07) is 18.9. The lowest BCUT2D eigenvalue weighted by atomic mass is 10.0. The van der Waals surface area contributed by atoms with E-state index in [1.165, 1.54) is 11.1 Å². The second-order valence-electron chi connectivity index (χ2n) is 6.82. The van der Waals surface area contributed by atoms with Gasteiger partial charge in [0.1, 0.15) is 0 Å². The standard InChI is InChI=1S/C21H28N2O/c1-18-7-9-20(10-8-18)21(24)11-12-22-13-15-23(16-14-22)17-19-5-3-2-4-6-19/h2-10,21,24H,11-17H2,1H3. The summed E-state index contributed by atoms with van der Waals surface area (Å²) >= 11 is 0. The SMILES string of the molecule is Cc1ccc(C(O)CCN2CCN(Cc3ccccc3)CC2)cc1. The number of aryl methyl sites for hydroxylation is 1. The number of rotatable bonds is 6. The molecule has 1 aliphatic rings. The van der Waals surface area contributed by atoms with E-state index in [1.807, 2.05) is 12.1 Å². The van der Waals surface area contributed by atoms with E-state index in [0.717, 1.165) is 51.3 Å². The molecule has 3 rings (SSSR count). The van der Waals surface area contributed by atoms with Gasteiger partial charge < -0.3 is 10.0 Å². The van der Waals surface area contributed by atoms with Gasteiger partial charge in [-0.1, -0.05) is 60.2 Å². The molecule has 1 heterocycles. The van der Waals surface area contributed by atoms with Crippen molar-refractivity contribution in [1.82, 2.24) is 9.80 Å². The van der Waals surface area contributed by atoms with Crippen molar-refractivity contribution in [3.05, 3.63) is 71.3 Å². The minimum absolute atomic E-state index is 0.354. The van der Waals surface area contributed by atoms with Crippen LogP contribution in [-0.4, -0.2) is 47.6 Å². The number of piperazine rings is 1. The Labute approximate surface area is 145 Å². The molecule has 2 aromatic rings. The third-order valence-electron chi connectivity index (χ3n) is 4.89. The van der Waals surface area contributed by atoms with Crippen LogP contribution in [0.5, 0.6) is 0 Å². The minimum atomic E-state index is -0.354. The molecule has 128 valence electrons. The Hall–Kier alpha value is -1.68. The summed E-state index contributed by atoms with van der Waals surface area (Å²) in [5.74, 6) is 0. The van der Waals surface area contributed by atoms with Crippen molar-refractivity contribution >= 4 is 0 Å². The molecule has 1 atom stereocenters. The molecule has 3 nitrogen and oxygen atoms in total. The lowest BCUT2D eigenvalue weighted by Gasteiger charge is -2.35. The van der Waals surface area contributed by atoms with Crippen molar-refractivity contribution in [2.75, 3.05) is 32.7 Å². The molecular weight excluding hydrogens is 296 g/mol. The van der Waals surface area contributed by atoms with Crippen LogP contribution in [0.2, 0.25) is 0 Å². The van der Waals surface area contributed by atoms with Crippen LogP contribution in [-0.2, 0) is 6.54 Å². The Morgan fingerprint density at radius 2 is 1.50 bits per heavy atom. The van der Waals surface area contributed by atoms with Crippen LogP contribution in [0.1, 0.15) is 29.2 Å². The van der Waals surface area contributed by atoms with Crippen molar-refractivity contribution < 1.29 is 5.11 Å². The van der Waals surface area contributed by atoms with Gasteiger partial charge in [-0.15, -0.1) is 0 Å². The zero-order valence-electron chi connectivity index (χ0n) is 14.6. The van der Waals surface area contributed by atoms with Crippen LogP contribution in [0.25, 0.3) is 0 Å². The lowest BCUT2D eigenvalue weighted by molar-refractivity contribution is 0.0993. The average Bonchev–Trinajstić information content (AvgIpc) is 2.62. The summed E-state index contributed by atoms with van der Waals surface area (Å²) in [4.78, 5) is 4.99. The van der Waals surface area contributed by atoms with E-state index in [1.54, 1.807) is 0 Å². The van der Waals surface area contributed by atoms with Gasteiger partial charge in [0.25, 0.3) is 0 Å². The Balaban J connectivity index is 1.40. The molecule has 0 spiro atoms. The van der Waals surface area contributed by atoms with Crippen LogP contribution >= 0.6 is 0 Å². The van der Waals surface area contributed by atoms with E-state index >= 15 is 0 Å². The van der Waals surface area contributed by atoms with Crippen molar-refractivity contribution in [2.45, 2.75) is 26.0 Å². The van der Waals surface area contributed by atoms with Crippen molar-refractivity contribution in [1.29, 1.82) is 0 Å². The summed E-state index contributed by atoms with van der Waals surface area (Å²) < 4.78 is 0. The van der Waals surface area contributed by atoms with Gasteiger partial charge in [-0.2, -0.15) is 0 Å². The van der Waals surface area contributed by atoms with Crippen molar-refractivity contribution in [3.8, 4) is 0 Å². The predicted octanol–water partition coefficient (Wildman–Crippen LogP) is 3.24. The van der Waals surface area contributed by atoms with E-state index in [9.17, 15) is 5.11 Å². The number of aliphatic hydroxyl groups excluding tert-OH is 1. The number of aliphatic hydroxyl groups is 1. The summed E-state index contributed by atoms with van der Waals surface area (Å²) in [6.45, 7) is 8.48. The van der Waals surface area contributed by atoms with Crippen molar-refractivity contribution in [3.63, 3.8) is 0 Å². The molecule has 1 saturated heterocycles. The molecule has 0 amide bonds. The van der Waals surface area contributed by atoms with Crippen LogP contribution in [0.3, 0.4) is 0 Å². The topological polar surface area (TPSA) is 26.7 Å². The number of hydrogen-bond acceptors (Lipinski definition) is 3. The molecule has 0 aromatic heterocycles. The second kappa shape index (κ2) is 8.43. The molecule has 3 heteroatoms. The molecule has 1 unspecified atom stereocenters. The first-order valence-corrected chi connectivity index (χ1v) is 8.94. The van der Waals surface area contributed by atoms with E-state index < -0.39 is 0 Å². The normalized spacial score (nSPS) is 17.8. The monoisotopic (exact) mass is 324 g/mol. The Bertz CT molecular complexity index is 603. The zero-order chi connectivity index (χ0) is 16.8. The van der Waals surface area contributed by atoms with Crippen LogP contribution < -0.4 is 0 Å². The van der Waals surface area contributed by atoms with Crippen molar-refractivity contribution in [2.24, 2.45) is 0 Å². The predicted molar refractivity (Wildman–Crippen MR) is 98.9 cm³/mol. The minimum Gasteiger partial charge on any atom is -0.388 e. The highest BCUT2D eigenvalue weighted by molar-refractivity contribution is 5.23. The smallest absolute Gasteiger partial charge is 0.0802 e. The van der Waals surface area contributed by atoms with Crippen LogP contribution in [0, 0.1) is 6.92 Å². The molecule has 0 aliphatic carbocycles. The first-order valence-electron chi connectivity index (χ1n) is 8.94. The molecule has 1 N–H and O–H groups in total. The van der Waals surface area contributed by atoms with Gasteiger partial charge in [0.05, 0.1) is 6.10 Å². The quantitative estimate of drug-likeness (QED) is 0.884. The second-order valence-corrected chi connectivity index (χ2v) is 6.82. The highest BCUT2D eigenvalue weighted by atomic mass is 16.3. The molecule has 2 aromatic carbocycles. The van der Waals surface area contributed by atoms with E-state index in [2.05, 4.69) is 59.2 Å². The summed E-state index contributed by atoms with van der Waals surface area (Å²) in [5, 5.41) is 10.4. The van der Waals surface area contributed by atoms with Crippen LogP contribution in [0.15, 0.2) is 54.6 Å². The zero-order valence-corrected chi connectivity index (χ0v) is 14.6. The summed E-state index contributed by atoms with van der Waals surface area (Å²) in [6.07, 6.45) is 0.454. The largest absolute Gasteiger partial charge is 0.388 e. The first-order chi connectivity index (χ1) is 11.7. The fraction of sp³-hybridized carbons (Fsp3) is 0.429. The van der Waals surface area contributed by atoms with Gasteiger partial charge in [-0.25, -0.2) is 0 Å². The van der Waals surface area contributed by atoms with Gasteiger partial charge in [0.2, 0.25) is 0 Å². The fourth-order valence-electron chi connectivity index (χ4n) is 3.27. The summed E-state index contributed by atoms with van der Waals surface area (Å²) in [7, 11) is 0. The number of hydrogen-bond donors (Lipinski definition) is 1. The van der Waals surface area contributed by atoms with Gasteiger partial charge in [0.15, 0.2) is 0 Å². The Kier molecular flexibility index (Phi) is 6.02. The van der Waals surface area contributed by atoms with E-state index in [4.69, 9.17) is 0 Å². The van der Waals surface area contributed by atoms with Crippen LogP contribution in [0.4, 0.5) is 0 Å². The fourth-order valence-corrected chi connectivity index (χ4v) is 3.27. The van der Waals surface area contributed by atoms with Gasteiger partial charge in [0, 0.05) is 39.3 Å². The highest BCUT2D eigenvalue weighted by Crippen LogP contribution is 2.18. The van der Waals surface area contributed by atoms with E-state index in [-0.39, 0.29) is 6.10 Å². The summed E-state index contributed by atoms with van der Waals surface area (Å²) in [5.41, 5.74) is 3.66. The Morgan fingerprint density at radius 1 is 0.875 bits per heavy atom. The first kappa shape index (κ1) is 17.2. The van der Waals surface area contributed by atoms with Gasteiger partial charge in [-0.05, 0) is 24.5 Å². The molecule has 0 bridgehead atoms. The molecule has 1 fully saturated rings. The molecule has 0 radical (unpaired) electrons. The maximum absolute atomic E-state index is 10.4. The van der Waals surface area contributed by atoms with E-state index in [0.29, 0.717) is 0 Å². The van der Waals surface area contributed by atoms with Gasteiger partial charge in [-0.3, -0.25) is 4.90 Å². The molecular formula is C21H28N2O. The maximum Gasteiger partial charge on any atom is 0.0802 e. The van der Waals surface area contributed by atoms with Gasteiger partial charge >= 0.3 is 0 Å². The third-order valence-corrected chi connectivity index (χ3v) is 4.89. The molecule has 0 saturated carbocycles. The highest BCUT2D eigenvalue weighted by Gasteiger charge is 2.18. The number of benzene rings is 2. The number of nitrogens with zero attached hydrogens (tertiary/aromatic N) is 2. The average molecular weight is 324 g/mol. The lowest BCUT2D eigenvalue weighted by Crippen LogP contribution is -2.46. The molecule has 24 heavy (non-hydrogen) atoms. The molecule has 1 aliphatic heterocycles. The maximum atomic E-state index is 10.4.